The highest BCUT2D eigenvalue weighted by molar-refractivity contribution is 7.91. The van der Waals surface area contributed by atoms with Gasteiger partial charge in [-0.3, -0.25) is 4.98 Å². The first kappa shape index (κ1) is 14.4. The molecule has 5 nitrogen and oxygen atoms in total. The van der Waals surface area contributed by atoms with E-state index < -0.39 is 10.0 Å². The SMILES string of the molecule is CCN(Cc1ccccn1)S(=O)(=O)c1cnc(Cl)s1. The second-order valence-electron chi connectivity index (χ2n) is 3.68. The molecule has 2 rings (SSSR count). The highest BCUT2D eigenvalue weighted by Gasteiger charge is 2.25. The molecule has 0 saturated carbocycles. The van der Waals surface area contributed by atoms with Crippen LogP contribution in [0, 0.1) is 0 Å². The van der Waals surface area contributed by atoms with E-state index in [4.69, 9.17) is 11.6 Å². The second-order valence-corrected chi connectivity index (χ2v) is 7.46. The summed E-state index contributed by atoms with van der Waals surface area (Å²) < 4.78 is 26.5. The van der Waals surface area contributed by atoms with Crippen LogP contribution in [0.4, 0.5) is 0 Å². The van der Waals surface area contributed by atoms with Crippen LogP contribution in [0.3, 0.4) is 0 Å². The molecule has 0 radical (unpaired) electrons. The van der Waals surface area contributed by atoms with E-state index in [1.165, 1.54) is 10.5 Å². The first-order valence-electron chi connectivity index (χ1n) is 5.55. The van der Waals surface area contributed by atoms with Crippen molar-refractivity contribution in [3.8, 4) is 0 Å². The van der Waals surface area contributed by atoms with Gasteiger partial charge in [-0.1, -0.05) is 35.9 Å². The molecule has 0 aliphatic rings. The maximum Gasteiger partial charge on any atom is 0.254 e. The number of pyridine rings is 1. The molecule has 0 saturated heterocycles. The van der Waals surface area contributed by atoms with Gasteiger partial charge in [0.2, 0.25) is 0 Å². The molecule has 0 aliphatic carbocycles. The third kappa shape index (κ3) is 3.30. The van der Waals surface area contributed by atoms with Crippen LogP contribution in [0.2, 0.25) is 4.47 Å². The zero-order chi connectivity index (χ0) is 13.9. The van der Waals surface area contributed by atoms with Crippen LogP contribution in [0.5, 0.6) is 0 Å². The molecular weight excluding hydrogens is 306 g/mol. The summed E-state index contributed by atoms with van der Waals surface area (Å²) in [5, 5.41) is 0. The molecule has 2 aromatic heterocycles. The van der Waals surface area contributed by atoms with Gasteiger partial charge in [-0.15, -0.1) is 0 Å². The third-order valence-corrected chi connectivity index (χ3v) is 5.94. The van der Waals surface area contributed by atoms with E-state index in [1.54, 1.807) is 25.3 Å². The molecule has 0 amide bonds. The standard InChI is InChI=1S/C11H12ClN3O2S2/c1-2-15(8-9-5-3-4-6-13-9)19(16,17)10-7-14-11(12)18-10/h3-7H,2,8H2,1H3. The largest absolute Gasteiger partial charge is 0.260 e. The molecule has 0 atom stereocenters. The monoisotopic (exact) mass is 317 g/mol. The Labute approximate surface area is 120 Å². The van der Waals surface area contributed by atoms with Crippen LogP contribution in [0.25, 0.3) is 0 Å². The fraction of sp³-hybridized carbons (Fsp3) is 0.273. The number of aromatic nitrogens is 2. The van der Waals surface area contributed by atoms with Gasteiger partial charge < -0.3 is 0 Å². The van der Waals surface area contributed by atoms with Gasteiger partial charge in [0.15, 0.2) is 8.68 Å². The molecule has 0 fully saturated rings. The topological polar surface area (TPSA) is 63.2 Å². The number of rotatable bonds is 5. The van der Waals surface area contributed by atoms with Gasteiger partial charge in [0.05, 0.1) is 18.4 Å². The molecule has 2 heterocycles. The summed E-state index contributed by atoms with van der Waals surface area (Å²) in [5.41, 5.74) is 0.698. The van der Waals surface area contributed by atoms with Crippen LogP contribution >= 0.6 is 22.9 Å². The van der Waals surface area contributed by atoms with Crippen molar-refractivity contribution >= 4 is 33.0 Å². The quantitative estimate of drug-likeness (QED) is 0.849. The highest BCUT2D eigenvalue weighted by atomic mass is 35.5. The number of hydrogen-bond acceptors (Lipinski definition) is 5. The molecule has 2 aromatic rings. The van der Waals surface area contributed by atoms with Crippen LogP contribution < -0.4 is 0 Å². The summed E-state index contributed by atoms with van der Waals surface area (Å²) in [6.45, 7) is 2.37. The molecule has 0 bridgehead atoms. The summed E-state index contributed by atoms with van der Waals surface area (Å²) >= 11 is 6.64. The van der Waals surface area contributed by atoms with Crippen molar-refractivity contribution in [3.05, 3.63) is 40.8 Å². The Morgan fingerprint density at radius 2 is 2.16 bits per heavy atom. The van der Waals surface area contributed by atoms with Crippen molar-refractivity contribution < 1.29 is 8.42 Å². The first-order chi connectivity index (χ1) is 9.04. The number of hydrogen-bond donors (Lipinski definition) is 0. The number of nitrogens with zero attached hydrogens (tertiary/aromatic N) is 3. The summed E-state index contributed by atoms with van der Waals surface area (Å²) in [4.78, 5) is 7.90. The minimum absolute atomic E-state index is 0.148. The Bertz CT molecular complexity index is 643. The van der Waals surface area contributed by atoms with Gasteiger partial charge in [0, 0.05) is 12.7 Å². The zero-order valence-corrected chi connectivity index (χ0v) is 12.5. The lowest BCUT2D eigenvalue weighted by atomic mass is 10.3. The molecule has 0 N–H and O–H groups in total. The van der Waals surface area contributed by atoms with E-state index in [2.05, 4.69) is 9.97 Å². The fourth-order valence-electron chi connectivity index (χ4n) is 1.52. The van der Waals surface area contributed by atoms with Gasteiger partial charge in [-0.2, -0.15) is 4.31 Å². The highest BCUT2D eigenvalue weighted by Crippen LogP contribution is 2.26. The van der Waals surface area contributed by atoms with E-state index in [1.807, 2.05) is 6.07 Å². The summed E-state index contributed by atoms with van der Waals surface area (Å²) in [6, 6.07) is 5.40. The lowest BCUT2D eigenvalue weighted by Gasteiger charge is -2.18. The van der Waals surface area contributed by atoms with Gasteiger partial charge in [-0.25, -0.2) is 13.4 Å². The molecule has 0 spiro atoms. The predicted molar refractivity (Wildman–Crippen MR) is 74.6 cm³/mol. The molecular formula is C11H12ClN3O2S2. The Hall–Kier alpha value is -1.02. The minimum Gasteiger partial charge on any atom is -0.260 e. The fourth-order valence-corrected chi connectivity index (χ4v) is 4.39. The van der Waals surface area contributed by atoms with Crippen molar-refractivity contribution in [2.75, 3.05) is 6.54 Å². The predicted octanol–water partition coefficient (Wildman–Crippen LogP) is 2.40. The molecule has 102 valence electrons. The molecule has 0 aromatic carbocycles. The van der Waals surface area contributed by atoms with Crippen LogP contribution in [0.15, 0.2) is 34.8 Å². The Morgan fingerprint density at radius 1 is 1.37 bits per heavy atom. The van der Waals surface area contributed by atoms with E-state index in [-0.39, 0.29) is 15.2 Å². The number of sulfonamides is 1. The molecule has 8 heteroatoms. The van der Waals surface area contributed by atoms with Gasteiger partial charge in [0.25, 0.3) is 10.0 Å². The van der Waals surface area contributed by atoms with E-state index in [0.717, 1.165) is 11.3 Å². The molecule has 0 aliphatic heterocycles. The van der Waals surface area contributed by atoms with E-state index >= 15 is 0 Å². The lowest BCUT2D eigenvalue weighted by molar-refractivity contribution is 0.420. The van der Waals surface area contributed by atoms with E-state index in [9.17, 15) is 8.42 Å². The maximum atomic E-state index is 12.4. The van der Waals surface area contributed by atoms with Crippen LogP contribution in [-0.2, 0) is 16.6 Å². The van der Waals surface area contributed by atoms with Gasteiger partial charge in [-0.05, 0) is 12.1 Å². The van der Waals surface area contributed by atoms with Crippen LogP contribution in [-0.4, -0.2) is 29.2 Å². The van der Waals surface area contributed by atoms with Crippen molar-refractivity contribution in [1.82, 2.24) is 14.3 Å². The van der Waals surface area contributed by atoms with E-state index in [0.29, 0.717) is 12.2 Å². The lowest BCUT2D eigenvalue weighted by Crippen LogP contribution is -2.30. The Kier molecular flexibility index (Phi) is 4.51. The normalized spacial score (nSPS) is 11.9. The minimum atomic E-state index is -3.56. The van der Waals surface area contributed by atoms with Gasteiger partial charge in [0.1, 0.15) is 0 Å². The van der Waals surface area contributed by atoms with Crippen molar-refractivity contribution in [2.45, 2.75) is 17.7 Å². The van der Waals surface area contributed by atoms with Gasteiger partial charge >= 0.3 is 0 Å². The summed E-state index contributed by atoms with van der Waals surface area (Å²) in [5.74, 6) is 0. The molecule has 19 heavy (non-hydrogen) atoms. The average Bonchev–Trinajstić information content (AvgIpc) is 2.84. The van der Waals surface area contributed by atoms with Crippen molar-refractivity contribution in [1.29, 1.82) is 0 Å². The molecule has 0 unspecified atom stereocenters. The first-order valence-corrected chi connectivity index (χ1v) is 8.19. The van der Waals surface area contributed by atoms with Crippen LogP contribution in [0.1, 0.15) is 12.6 Å². The Balaban J connectivity index is 2.27. The average molecular weight is 318 g/mol. The maximum absolute atomic E-state index is 12.4. The van der Waals surface area contributed by atoms with Crippen molar-refractivity contribution in [3.63, 3.8) is 0 Å². The third-order valence-electron chi connectivity index (χ3n) is 2.47. The summed E-state index contributed by atoms with van der Waals surface area (Å²) in [6.07, 6.45) is 2.92. The smallest absolute Gasteiger partial charge is 0.254 e. The second kappa shape index (κ2) is 5.96. The summed E-state index contributed by atoms with van der Waals surface area (Å²) in [7, 11) is -3.56. The Morgan fingerprint density at radius 3 is 2.68 bits per heavy atom. The number of halogens is 1. The number of thiazole rings is 1. The van der Waals surface area contributed by atoms with Crippen molar-refractivity contribution in [2.24, 2.45) is 0 Å². The zero-order valence-electron chi connectivity index (χ0n) is 10.2.